The molecule has 0 aliphatic rings. The summed E-state index contributed by atoms with van der Waals surface area (Å²) in [5.74, 6) is 0.892. The van der Waals surface area contributed by atoms with Gasteiger partial charge in [-0.3, -0.25) is 14.5 Å². The van der Waals surface area contributed by atoms with Crippen LogP contribution >= 0.6 is 0 Å². The molecule has 266 valence electrons. The smallest absolute Gasteiger partial charge is 0.149 e. The van der Waals surface area contributed by atoms with Crippen molar-refractivity contribution in [3.63, 3.8) is 0 Å². The van der Waals surface area contributed by atoms with Gasteiger partial charge in [0.25, 0.3) is 0 Å². The fourth-order valence-electron chi connectivity index (χ4n) is 7.22. The van der Waals surface area contributed by atoms with Gasteiger partial charge in [0.05, 0.1) is 28.2 Å². The molecule has 3 heterocycles. The molecule has 1 N–H and O–H groups in total. The highest BCUT2D eigenvalue weighted by Crippen LogP contribution is 2.45. The molecular formula is C49H44N4O. The molecule has 0 unspecified atom stereocenters. The number of nitrogens with zero attached hydrogens (tertiary/aromatic N) is 4. The number of hydrogen-bond donors (Lipinski definition) is 1. The normalized spacial score (nSPS) is 12.0. The molecule has 0 fully saturated rings. The monoisotopic (exact) mass is 704 g/mol. The predicted octanol–water partition coefficient (Wildman–Crippen LogP) is 12.5. The Morgan fingerprint density at radius 2 is 1.17 bits per heavy atom. The van der Waals surface area contributed by atoms with E-state index in [0.717, 1.165) is 72.6 Å². The van der Waals surface area contributed by atoms with Crippen LogP contribution in [0, 0.1) is 0 Å². The molecule has 8 rings (SSSR count). The fraction of sp³-hybridized carbons (Fsp3) is 0.163. The van der Waals surface area contributed by atoms with E-state index in [-0.39, 0.29) is 16.6 Å². The Hall–Kier alpha value is -6.33. The highest BCUT2D eigenvalue weighted by atomic mass is 16.3. The van der Waals surface area contributed by atoms with Crippen LogP contribution in [0.4, 0.5) is 0 Å². The van der Waals surface area contributed by atoms with Crippen molar-refractivity contribution in [2.75, 3.05) is 0 Å². The van der Waals surface area contributed by atoms with E-state index in [4.69, 9.17) is 15.0 Å². The summed E-state index contributed by atoms with van der Waals surface area (Å²) >= 11 is 0. The lowest BCUT2D eigenvalue weighted by Crippen LogP contribution is -2.17. The van der Waals surface area contributed by atoms with Crippen molar-refractivity contribution >= 4 is 11.0 Å². The minimum atomic E-state index is -0.314. The van der Waals surface area contributed by atoms with E-state index in [9.17, 15) is 5.11 Å². The van der Waals surface area contributed by atoms with Gasteiger partial charge in [-0.2, -0.15) is 0 Å². The Morgan fingerprint density at radius 1 is 0.519 bits per heavy atom. The van der Waals surface area contributed by atoms with Crippen molar-refractivity contribution in [2.45, 2.75) is 52.4 Å². The zero-order chi connectivity index (χ0) is 37.6. The molecule has 0 amide bonds. The molecule has 0 saturated heterocycles. The van der Waals surface area contributed by atoms with Gasteiger partial charge in [0.15, 0.2) is 0 Å². The molecule has 0 bridgehead atoms. The van der Waals surface area contributed by atoms with E-state index in [0.29, 0.717) is 11.4 Å². The maximum Gasteiger partial charge on any atom is 0.149 e. The summed E-state index contributed by atoms with van der Waals surface area (Å²) < 4.78 is 2.21. The third-order valence-electron chi connectivity index (χ3n) is 10.1. The second-order valence-corrected chi connectivity index (χ2v) is 16.0. The number of phenolic OH excluding ortho intramolecular Hbond substituents is 1. The zero-order valence-electron chi connectivity index (χ0n) is 31.7. The van der Waals surface area contributed by atoms with Gasteiger partial charge in [0.2, 0.25) is 0 Å². The predicted molar refractivity (Wildman–Crippen MR) is 223 cm³/mol. The highest BCUT2D eigenvalue weighted by molar-refractivity contribution is 5.96. The first-order valence-electron chi connectivity index (χ1n) is 18.5. The van der Waals surface area contributed by atoms with E-state index < -0.39 is 0 Å². The number of fused-ring (bicyclic) bond motifs is 1. The summed E-state index contributed by atoms with van der Waals surface area (Å²) in [5, 5.41) is 12.3. The second-order valence-electron chi connectivity index (χ2n) is 16.0. The Kier molecular flexibility index (Phi) is 8.74. The lowest BCUT2D eigenvalue weighted by atomic mass is 9.79. The minimum absolute atomic E-state index is 0.173. The molecule has 8 aromatic rings. The molecular weight excluding hydrogens is 661 g/mol. The molecule has 0 radical (unpaired) electrons. The molecule has 3 aromatic heterocycles. The van der Waals surface area contributed by atoms with E-state index in [1.807, 2.05) is 48.8 Å². The van der Waals surface area contributed by atoms with E-state index in [1.165, 1.54) is 0 Å². The lowest BCUT2D eigenvalue weighted by Gasteiger charge is -2.27. The number of benzene rings is 5. The molecule has 5 aromatic carbocycles. The SMILES string of the molecule is CC(C)(C)c1cc(-c2nc3c(-c4cc(-c5ccccc5)cc(-c5ccccn5)c4)nccc3n2-c2ccccc2-c2ccccc2)c(O)c(C(C)(C)C)c1. The molecule has 0 spiro atoms. The first-order chi connectivity index (χ1) is 26.0. The molecule has 0 atom stereocenters. The number of para-hydroxylation sites is 1. The van der Waals surface area contributed by atoms with Crippen molar-refractivity contribution in [1.29, 1.82) is 0 Å². The topological polar surface area (TPSA) is 63.8 Å². The van der Waals surface area contributed by atoms with Crippen LogP contribution in [-0.4, -0.2) is 24.6 Å². The maximum atomic E-state index is 12.3. The largest absolute Gasteiger partial charge is 0.507 e. The molecule has 0 aliphatic heterocycles. The zero-order valence-corrected chi connectivity index (χ0v) is 31.7. The number of hydrogen-bond acceptors (Lipinski definition) is 4. The van der Waals surface area contributed by atoms with Crippen LogP contribution in [0.3, 0.4) is 0 Å². The van der Waals surface area contributed by atoms with Crippen LogP contribution in [0.2, 0.25) is 0 Å². The first kappa shape index (κ1) is 34.7. The van der Waals surface area contributed by atoms with Crippen LogP contribution in [0.25, 0.3) is 72.9 Å². The number of rotatable bonds is 6. The fourth-order valence-corrected chi connectivity index (χ4v) is 7.22. The molecule has 0 saturated carbocycles. The maximum absolute atomic E-state index is 12.3. The van der Waals surface area contributed by atoms with Gasteiger partial charge >= 0.3 is 0 Å². The van der Waals surface area contributed by atoms with Gasteiger partial charge in [-0.1, -0.05) is 133 Å². The van der Waals surface area contributed by atoms with E-state index in [1.54, 1.807) is 0 Å². The molecule has 54 heavy (non-hydrogen) atoms. The second kappa shape index (κ2) is 13.6. The van der Waals surface area contributed by atoms with Crippen LogP contribution in [0.1, 0.15) is 52.7 Å². The van der Waals surface area contributed by atoms with Crippen LogP contribution in [0.5, 0.6) is 5.75 Å². The highest BCUT2D eigenvalue weighted by Gasteiger charge is 2.29. The molecule has 5 heteroatoms. The van der Waals surface area contributed by atoms with Gasteiger partial charge < -0.3 is 5.11 Å². The number of phenols is 1. The quantitative estimate of drug-likeness (QED) is 0.187. The summed E-state index contributed by atoms with van der Waals surface area (Å²) in [7, 11) is 0. The first-order valence-corrected chi connectivity index (χ1v) is 18.5. The Morgan fingerprint density at radius 3 is 1.85 bits per heavy atom. The average Bonchev–Trinajstić information content (AvgIpc) is 3.57. The molecule has 0 aliphatic carbocycles. The number of aromatic hydroxyl groups is 1. The van der Waals surface area contributed by atoms with Crippen LogP contribution in [-0.2, 0) is 10.8 Å². The Balaban J connectivity index is 1.47. The van der Waals surface area contributed by atoms with Crippen molar-refractivity contribution < 1.29 is 5.11 Å². The van der Waals surface area contributed by atoms with Gasteiger partial charge in [-0.05, 0) is 81.6 Å². The van der Waals surface area contributed by atoms with Gasteiger partial charge in [0.1, 0.15) is 17.1 Å². The average molecular weight is 705 g/mol. The van der Waals surface area contributed by atoms with Crippen molar-refractivity contribution in [2.24, 2.45) is 0 Å². The van der Waals surface area contributed by atoms with Gasteiger partial charge in [-0.25, -0.2) is 4.98 Å². The van der Waals surface area contributed by atoms with Crippen molar-refractivity contribution in [3.05, 3.63) is 163 Å². The Labute approximate surface area is 317 Å². The number of pyridine rings is 2. The minimum Gasteiger partial charge on any atom is -0.507 e. The summed E-state index contributed by atoms with van der Waals surface area (Å²) in [6, 6.07) is 48.1. The Bertz CT molecular complexity index is 2550. The number of imidazole rings is 1. The summed E-state index contributed by atoms with van der Waals surface area (Å²) in [5.41, 5.74) is 12.7. The van der Waals surface area contributed by atoms with E-state index in [2.05, 4.69) is 149 Å². The van der Waals surface area contributed by atoms with Crippen molar-refractivity contribution in [3.8, 4) is 67.6 Å². The van der Waals surface area contributed by atoms with Gasteiger partial charge in [0, 0.05) is 34.6 Å². The standard InChI is InChI=1S/C49H44N4O/c1-48(2,3)37-30-39(46(54)40(31-37)49(4,5)6)47-52-45-43(53(47)42-23-14-13-21-38(42)33-19-11-8-12-20-33)24-26-51-44(45)36-28-34(32-17-9-7-10-18-32)27-35(29-36)41-22-15-16-25-50-41/h7-31,54H,1-6H3. The summed E-state index contributed by atoms with van der Waals surface area (Å²) in [6.45, 7) is 13.1. The van der Waals surface area contributed by atoms with Gasteiger partial charge in [-0.15, -0.1) is 0 Å². The summed E-state index contributed by atoms with van der Waals surface area (Å²) in [4.78, 5) is 15.3. The number of aromatic nitrogens is 4. The lowest BCUT2D eigenvalue weighted by molar-refractivity contribution is 0.446. The van der Waals surface area contributed by atoms with E-state index >= 15 is 0 Å². The molecule has 5 nitrogen and oxygen atoms in total. The third-order valence-corrected chi connectivity index (χ3v) is 10.1. The van der Waals surface area contributed by atoms with Crippen LogP contribution in [0.15, 0.2) is 152 Å². The third kappa shape index (κ3) is 6.47. The van der Waals surface area contributed by atoms with Crippen molar-refractivity contribution in [1.82, 2.24) is 19.5 Å². The van der Waals surface area contributed by atoms with Crippen LogP contribution < -0.4 is 0 Å². The summed E-state index contributed by atoms with van der Waals surface area (Å²) in [6.07, 6.45) is 3.69.